The van der Waals surface area contributed by atoms with Crippen LogP contribution in [0.25, 0.3) is 0 Å². The summed E-state index contributed by atoms with van der Waals surface area (Å²) in [4.78, 5) is 18.6. The van der Waals surface area contributed by atoms with E-state index in [2.05, 4.69) is 9.97 Å². The van der Waals surface area contributed by atoms with Gasteiger partial charge in [-0.15, -0.1) is 0 Å². The number of aliphatic hydroxyl groups excluding tert-OH is 2. The fourth-order valence-corrected chi connectivity index (χ4v) is 1.83. The van der Waals surface area contributed by atoms with Crippen molar-refractivity contribution in [1.29, 1.82) is 0 Å². The van der Waals surface area contributed by atoms with Crippen LogP contribution >= 0.6 is 0 Å². The Hall–Kier alpha value is -1.51. The van der Waals surface area contributed by atoms with Crippen molar-refractivity contribution in [2.24, 2.45) is 0 Å². The van der Waals surface area contributed by atoms with Gasteiger partial charge in [0, 0.05) is 0 Å². The van der Waals surface area contributed by atoms with Crippen molar-refractivity contribution < 1.29 is 14.9 Å². The molecule has 1 fully saturated rings. The summed E-state index contributed by atoms with van der Waals surface area (Å²) in [6.07, 6.45) is -2.05. The highest BCUT2D eigenvalue weighted by molar-refractivity contribution is 5.10. The molecular weight excluding hydrogens is 228 g/mol. The first-order valence-electron chi connectivity index (χ1n) is 5.26. The molecule has 0 radical (unpaired) electrons. The predicted molar refractivity (Wildman–Crippen MR) is 56.9 cm³/mol. The molecule has 1 aromatic rings. The first-order chi connectivity index (χ1) is 8.04. The van der Waals surface area contributed by atoms with E-state index in [0.29, 0.717) is 6.42 Å². The summed E-state index contributed by atoms with van der Waals surface area (Å²) in [6.45, 7) is 1.81. The van der Waals surface area contributed by atoms with Crippen molar-refractivity contribution in [2.45, 2.75) is 37.9 Å². The van der Waals surface area contributed by atoms with Gasteiger partial charge in [-0.2, -0.15) is 4.98 Å². The average Bonchev–Trinajstić information content (AvgIpc) is 2.57. The van der Waals surface area contributed by atoms with Crippen LogP contribution < -0.4 is 11.4 Å². The maximum absolute atomic E-state index is 11.5. The summed E-state index contributed by atoms with van der Waals surface area (Å²) in [5.41, 5.74) is 4.58. The second-order valence-corrected chi connectivity index (χ2v) is 3.86. The Morgan fingerprint density at radius 3 is 2.76 bits per heavy atom. The van der Waals surface area contributed by atoms with Crippen molar-refractivity contribution in [2.75, 3.05) is 5.73 Å². The molecule has 2 rings (SSSR count). The molecule has 1 aliphatic heterocycles. The molecule has 0 saturated carbocycles. The first-order valence-corrected chi connectivity index (χ1v) is 5.26. The molecule has 0 amide bonds. The van der Waals surface area contributed by atoms with Gasteiger partial charge in [-0.1, -0.05) is 6.92 Å². The number of nitrogen functional groups attached to an aromatic ring is 1. The number of hydrogen-bond donors (Lipinski definition) is 3. The normalized spacial score (nSPS) is 32.9. The average molecular weight is 242 g/mol. The van der Waals surface area contributed by atoms with E-state index in [1.54, 1.807) is 0 Å². The molecule has 1 aliphatic rings. The highest BCUT2D eigenvalue weighted by Crippen LogP contribution is 2.29. The lowest BCUT2D eigenvalue weighted by Crippen LogP contribution is -2.36. The molecular formula is C9H14N4O4. The maximum atomic E-state index is 11.5. The van der Waals surface area contributed by atoms with Crippen molar-refractivity contribution in [1.82, 2.24) is 14.5 Å². The van der Waals surface area contributed by atoms with E-state index in [0.717, 1.165) is 10.9 Å². The SMILES string of the molecule is CC[C@H]1OC(n2cnc(N)nc2=O)C(O)C1O. The van der Waals surface area contributed by atoms with Gasteiger partial charge in [-0.25, -0.2) is 9.78 Å². The Balaban J connectivity index is 2.32. The summed E-state index contributed by atoms with van der Waals surface area (Å²) in [5, 5.41) is 19.5. The minimum absolute atomic E-state index is 0.147. The van der Waals surface area contributed by atoms with Crippen molar-refractivity contribution >= 4 is 5.95 Å². The standard InChI is InChI=1S/C9H14N4O4/c1-2-4-5(14)6(15)7(17-4)13-3-11-8(10)12-9(13)16/h3-7,14-15H,2H2,1H3,(H2,10,12,16)/t4-,5?,6?,7?/m1/s1. The van der Waals surface area contributed by atoms with Crippen LogP contribution in [0.1, 0.15) is 19.6 Å². The zero-order valence-corrected chi connectivity index (χ0v) is 9.22. The van der Waals surface area contributed by atoms with Crippen molar-refractivity contribution in [3.05, 3.63) is 16.8 Å². The molecule has 1 saturated heterocycles. The van der Waals surface area contributed by atoms with E-state index in [1.165, 1.54) is 0 Å². The molecule has 8 nitrogen and oxygen atoms in total. The van der Waals surface area contributed by atoms with E-state index in [9.17, 15) is 15.0 Å². The zero-order valence-electron chi connectivity index (χ0n) is 9.22. The predicted octanol–water partition coefficient (Wildman–Crippen LogP) is -1.75. The number of aromatic nitrogens is 3. The zero-order chi connectivity index (χ0) is 12.6. The van der Waals surface area contributed by atoms with Gasteiger partial charge >= 0.3 is 5.69 Å². The minimum Gasteiger partial charge on any atom is -0.388 e. The van der Waals surface area contributed by atoms with Gasteiger partial charge in [0.15, 0.2) is 6.23 Å². The third-order valence-electron chi connectivity index (χ3n) is 2.76. The molecule has 0 aromatic carbocycles. The Morgan fingerprint density at radius 1 is 1.53 bits per heavy atom. The van der Waals surface area contributed by atoms with Crippen LogP contribution in [0.4, 0.5) is 5.95 Å². The first kappa shape index (κ1) is 12.0. The van der Waals surface area contributed by atoms with Crippen LogP contribution in [0.2, 0.25) is 0 Å². The van der Waals surface area contributed by atoms with Gasteiger partial charge < -0.3 is 20.7 Å². The third-order valence-corrected chi connectivity index (χ3v) is 2.76. The largest absolute Gasteiger partial charge is 0.388 e. The number of aliphatic hydroxyl groups is 2. The molecule has 4 N–H and O–H groups in total. The molecule has 8 heteroatoms. The van der Waals surface area contributed by atoms with E-state index < -0.39 is 30.2 Å². The molecule has 17 heavy (non-hydrogen) atoms. The Labute approximate surface area is 96.7 Å². The van der Waals surface area contributed by atoms with Crippen LogP contribution in [0, 0.1) is 0 Å². The van der Waals surface area contributed by atoms with Crippen LogP contribution in [0.15, 0.2) is 11.1 Å². The van der Waals surface area contributed by atoms with Crippen LogP contribution in [0.5, 0.6) is 0 Å². The lowest BCUT2D eigenvalue weighted by molar-refractivity contribution is -0.0410. The molecule has 0 spiro atoms. The monoisotopic (exact) mass is 242 g/mol. The molecule has 94 valence electrons. The summed E-state index contributed by atoms with van der Waals surface area (Å²) in [7, 11) is 0. The van der Waals surface area contributed by atoms with E-state index in [1.807, 2.05) is 6.92 Å². The van der Waals surface area contributed by atoms with Gasteiger partial charge in [0.25, 0.3) is 0 Å². The second kappa shape index (κ2) is 4.40. The maximum Gasteiger partial charge on any atom is 0.354 e. The topological polar surface area (TPSA) is 123 Å². The fourth-order valence-electron chi connectivity index (χ4n) is 1.83. The smallest absolute Gasteiger partial charge is 0.354 e. The van der Waals surface area contributed by atoms with Gasteiger partial charge in [-0.05, 0) is 6.42 Å². The van der Waals surface area contributed by atoms with Crippen LogP contribution in [-0.2, 0) is 4.74 Å². The molecule has 0 bridgehead atoms. The van der Waals surface area contributed by atoms with E-state index >= 15 is 0 Å². The lowest BCUT2D eigenvalue weighted by Gasteiger charge is -2.16. The van der Waals surface area contributed by atoms with Crippen molar-refractivity contribution in [3.8, 4) is 0 Å². The molecule has 4 atom stereocenters. The van der Waals surface area contributed by atoms with E-state index in [4.69, 9.17) is 10.5 Å². The van der Waals surface area contributed by atoms with Gasteiger partial charge in [0.05, 0.1) is 6.10 Å². The number of anilines is 1. The summed E-state index contributed by atoms with van der Waals surface area (Å²) >= 11 is 0. The highest BCUT2D eigenvalue weighted by Gasteiger charge is 2.43. The number of ether oxygens (including phenoxy) is 1. The third kappa shape index (κ3) is 2.02. The quantitative estimate of drug-likeness (QED) is 0.561. The summed E-state index contributed by atoms with van der Waals surface area (Å²) < 4.78 is 6.40. The van der Waals surface area contributed by atoms with E-state index in [-0.39, 0.29) is 5.95 Å². The Morgan fingerprint density at radius 2 is 2.24 bits per heavy atom. The van der Waals surface area contributed by atoms with Gasteiger partial charge in [-0.3, -0.25) is 4.57 Å². The lowest BCUT2D eigenvalue weighted by atomic mass is 10.1. The Bertz CT molecular complexity index is 463. The number of hydrogen-bond acceptors (Lipinski definition) is 7. The Kier molecular flexibility index (Phi) is 3.09. The molecule has 3 unspecified atom stereocenters. The highest BCUT2D eigenvalue weighted by atomic mass is 16.6. The summed E-state index contributed by atoms with van der Waals surface area (Å²) in [6, 6.07) is 0. The molecule has 0 aliphatic carbocycles. The van der Waals surface area contributed by atoms with Gasteiger partial charge in [0.1, 0.15) is 18.5 Å². The molecule has 2 heterocycles. The number of rotatable bonds is 2. The number of nitrogens with two attached hydrogens (primary N) is 1. The minimum atomic E-state index is -1.19. The summed E-state index contributed by atoms with van der Waals surface area (Å²) in [5.74, 6) is -0.147. The van der Waals surface area contributed by atoms with Crippen LogP contribution in [0.3, 0.4) is 0 Å². The van der Waals surface area contributed by atoms with Gasteiger partial charge in [0.2, 0.25) is 5.95 Å². The second-order valence-electron chi connectivity index (χ2n) is 3.86. The fraction of sp³-hybridized carbons (Fsp3) is 0.667. The van der Waals surface area contributed by atoms with Crippen molar-refractivity contribution in [3.63, 3.8) is 0 Å². The number of nitrogens with zero attached hydrogens (tertiary/aromatic N) is 3. The van der Waals surface area contributed by atoms with Crippen LogP contribution in [-0.4, -0.2) is 43.1 Å². The molecule has 1 aromatic heterocycles.